The van der Waals surface area contributed by atoms with Gasteiger partial charge in [-0.15, -0.1) is 6.58 Å². The van der Waals surface area contributed by atoms with E-state index in [-0.39, 0.29) is 0 Å². The predicted molar refractivity (Wildman–Crippen MR) is 65.1 cm³/mol. The highest BCUT2D eigenvalue weighted by Gasteiger charge is 2.29. The molecule has 1 aromatic rings. The second-order valence-corrected chi connectivity index (χ2v) is 4.05. The topological polar surface area (TPSA) is 38.0 Å². The van der Waals surface area contributed by atoms with Crippen LogP contribution in [0.15, 0.2) is 36.9 Å². The molecule has 0 fully saturated rings. The Labute approximate surface area is 91.2 Å². The van der Waals surface area contributed by atoms with Gasteiger partial charge in [-0.25, -0.2) is 0 Å². The molecule has 2 atom stereocenters. The molecule has 2 unspecified atom stereocenters. The highest BCUT2D eigenvalue weighted by molar-refractivity contribution is 5.59. The molecule has 2 rings (SSSR count). The summed E-state index contributed by atoms with van der Waals surface area (Å²) in [4.78, 5) is 0. The number of nitrogens with one attached hydrogen (secondary N) is 1. The molecule has 80 valence electrons. The summed E-state index contributed by atoms with van der Waals surface area (Å²) in [6.45, 7) is 4.55. The highest BCUT2D eigenvalue weighted by Crippen LogP contribution is 2.38. The first-order valence-corrected chi connectivity index (χ1v) is 5.53. The number of fused-ring (bicyclic) bond motifs is 1. The zero-order valence-corrected chi connectivity index (χ0v) is 8.95. The van der Waals surface area contributed by atoms with Crippen LogP contribution in [0, 0.1) is 0 Å². The standard InChI is InChI=1S/C13H18N2/c1-2-5-12-11(8-9-14)10-6-3-4-7-13(10)15-12/h2-4,6-7,11-12,15H,1,5,8-9,14H2. The Balaban J connectivity index is 2.24. The van der Waals surface area contributed by atoms with Crippen molar-refractivity contribution < 1.29 is 0 Å². The van der Waals surface area contributed by atoms with Crippen molar-refractivity contribution in [3.8, 4) is 0 Å². The van der Waals surface area contributed by atoms with Crippen LogP contribution in [0.3, 0.4) is 0 Å². The number of hydrogen-bond acceptors (Lipinski definition) is 2. The largest absolute Gasteiger partial charge is 0.381 e. The summed E-state index contributed by atoms with van der Waals surface area (Å²) >= 11 is 0. The van der Waals surface area contributed by atoms with Crippen LogP contribution in [0.4, 0.5) is 5.69 Å². The van der Waals surface area contributed by atoms with Gasteiger partial charge in [-0.2, -0.15) is 0 Å². The molecule has 0 aromatic heterocycles. The number of rotatable bonds is 4. The Morgan fingerprint density at radius 3 is 2.93 bits per heavy atom. The molecule has 1 heterocycles. The zero-order chi connectivity index (χ0) is 10.7. The van der Waals surface area contributed by atoms with E-state index < -0.39 is 0 Å². The highest BCUT2D eigenvalue weighted by atomic mass is 15.0. The van der Waals surface area contributed by atoms with Crippen molar-refractivity contribution in [3.63, 3.8) is 0 Å². The SMILES string of the molecule is C=CCC1Nc2ccccc2C1CCN. The lowest BCUT2D eigenvalue weighted by Crippen LogP contribution is -2.21. The maximum absolute atomic E-state index is 5.67. The van der Waals surface area contributed by atoms with Gasteiger partial charge in [0.2, 0.25) is 0 Å². The second-order valence-electron chi connectivity index (χ2n) is 4.05. The van der Waals surface area contributed by atoms with Gasteiger partial charge in [0.05, 0.1) is 0 Å². The maximum Gasteiger partial charge on any atom is 0.0378 e. The van der Waals surface area contributed by atoms with E-state index in [2.05, 4.69) is 36.2 Å². The van der Waals surface area contributed by atoms with Crippen molar-refractivity contribution >= 4 is 5.69 Å². The molecule has 0 amide bonds. The lowest BCUT2D eigenvalue weighted by atomic mass is 9.90. The molecule has 0 bridgehead atoms. The number of benzene rings is 1. The first kappa shape index (κ1) is 10.2. The van der Waals surface area contributed by atoms with Gasteiger partial charge in [-0.3, -0.25) is 0 Å². The molecule has 15 heavy (non-hydrogen) atoms. The van der Waals surface area contributed by atoms with Gasteiger partial charge in [0.1, 0.15) is 0 Å². The van der Waals surface area contributed by atoms with E-state index in [1.54, 1.807) is 0 Å². The van der Waals surface area contributed by atoms with Crippen LogP contribution in [0.5, 0.6) is 0 Å². The molecule has 0 radical (unpaired) electrons. The Morgan fingerprint density at radius 1 is 1.40 bits per heavy atom. The Morgan fingerprint density at radius 2 is 2.20 bits per heavy atom. The van der Waals surface area contributed by atoms with Crippen LogP contribution in [0.25, 0.3) is 0 Å². The molecule has 1 aliphatic heterocycles. The van der Waals surface area contributed by atoms with Crippen LogP contribution >= 0.6 is 0 Å². The Kier molecular flexibility index (Phi) is 3.07. The molecular formula is C13H18N2. The fraction of sp³-hybridized carbons (Fsp3) is 0.385. The van der Waals surface area contributed by atoms with Gasteiger partial charge in [0, 0.05) is 17.6 Å². The van der Waals surface area contributed by atoms with E-state index in [1.807, 2.05) is 6.08 Å². The maximum atomic E-state index is 5.67. The monoisotopic (exact) mass is 202 g/mol. The summed E-state index contributed by atoms with van der Waals surface area (Å²) in [5.41, 5.74) is 8.35. The zero-order valence-electron chi connectivity index (χ0n) is 8.95. The predicted octanol–water partition coefficient (Wildman–Crippen LogP) is 2.49. The molecule has 1 aromatic carbocycles. The normalized spacial score (nSPS) is 23.3. The van der Waals surface area contributed by atoms with E-state index in [1.165, 1.54) is 11.3 Å². The van der Waals surface area contributed by atoms with Gasteiger partial charge in [0.25, 0.3) is 0 Å². The second kappa shape index (κ2) is 4.49. The van der Waals surface area contributed by atoms with E-state index in [0.29, 0.717) is 12.0 Å². The van der Waals surface area contributed by atoms with E-state index in [4.69, 9.17) is 5.73 Å². The van der Waals surface area contributed by atoms with Crippen molar-refractivity contribution in [1.29, 1.82) is 0 Å². The lowest BCUT2D eigenvalue weighted by molar-refractivity contribution is 0.563. The summed E-state index contributed by atoms with van der Waals surface area (Å²) in [6.07, 6.45) is 4.02. The van der Waals surface area contributed by atoms with E-state index in [9.17, 15) is 0 Å². The average molecular weight is 202 g/mol. The van der Waals surface area contributed by atoms with Crippen LogP contribution in [0.1, 0.15) is 24.3 Å². The molecule has 1 aliphatic rings. The van der Waals surface area contributed by atoms with Crippen molar-refractivity contribution in [2.75, 3.05) is 11.9 Å². The van der Waals surface area contributed by atoms with Crippen molar-refractivity contribution in [3.05, 3.63) is 42.5 Å². The Bertz CT molecular complexity index is 346. The lowest BCUT2D eigenvalue weighted by Gasteiger charge is -2.18. The van der Waals surface area contributed by atoms with Gasteiger partial charge in [-0.1, -0.05) is 24.3 Å². The number of hydrogen-bond donors (Lipinski definition) is 2. The molecule has 0 spiro atoms. The minimum Gasteiger partial charge on any atom is -0.381 e. The molecule has 0 saturated carbocycles. The van der Waals surface area contributed by atoms with Crippen LogP contribution in [-0.4, -0.2) is 12.6 Å². The summed E-state index contributed by atoms with van der Waals surface area (Å²) in [5, 5.41) is 3.54. The average Bonchev–Trinajstić information content (AvgIpc) is 2.59. The Hall–Kier alpha value is -1.28. The van der Waals surface area contributed by atoms with Crippen LogP contribution in [-0.2, 0) is 0 Å². The van der Waals surface area contributed by atoms with Crippen LogP contribution < -0.4 is 11.1 Å². The molecule has 0 saturated heterocycles. The summed E-state index contributed by atoms with van der Waals surface area (Å²) in [5.74, 6) is 0.546. The first-order valence-electron chi connectivity index (χ1n) is 5.53. The summed E-state index contributed by atoms with van der Waals surface area (Å²) in [6, 6.07) is 8.98. The van der Waals surface area contributed by atoms with Crippen molar-refractivity contribution in [1.82, 2.24) is 0 Å². The third kappa shape index (κ3) is 1.90. The minimum atomic E-state index is 0.475. The fourth-order valence-corrected chi connectivity index (χ4v) is 2.41. The first-order chi connectivity index (χ1) is 7.36. The van der Waals surface area contributed by atoms with Gasteiger partial charge in [-0.05, 0) is 31.0 Å². The van der Waals surface area contributed by atoms with Gasteiger partial charge >= 0.3 is 0 Å². The van der Waals surface area contributed by atoms with Gasteiger partial charge in [0.15, 0.2) is 0 Å². The summed E-state index contributed by atoms with van der Waals surface area (Å²) < 4.78 is 0. The molecule has 3 N–H and O–H groups in total. The van der Waals surface area contributed by atoms with Crippen molar-refractivity contribution in [2.45, 2.75) is 24.8 Å². The molecule has 2 nitrogen and oxygen atoms in total. The molecule has 2 heteroatoms. The number of anilines is 1. The summed E-state index contributed by atoms with van der Waals surface area (Å²) in [7, 11) is 0. The van der Waals surface area contributed by atoms with E-state index in [0.717, 1.165) is 19.4 Å². The van der Waals surface area contributed by atoms with E-state index >= 15 is 0 Å². The third-order valence-electron chi connectivity index (χ3n) is 3.09. The van der Waals surface area contributed by atoms with Crippen molar-refractivity contribution in [2.24, 2.45) is 5.73 Å². The quantitative estimate of drug-likeness (QED) is 0.736. The molecule has 0 aliphatic carbocycles. The number of nitrogens with two attached hydrogens (primary N) is 1. The van der Waals surface area contributed by atoms with Crippen LogP contribution in [0.2, 0.25) is 0 Å². The number of para-hydroxylation sites is 1. The minimum absolute atomic E-state index is 0.475. The fourth-order valence-electron chi connectivity index (χ4n) is 2.41. The smallest absolute Gasteiger partial charge is 0.0378 e. The third-order valence-corrected chi connectivity index (χ3v) is 3.09. The molecular weight excluding hydrogens is 184 g/mol. The van der Waals surface area contributed by atoms with Gasteiger partial charge < -0.3 is 11.1 Å².